The molecule has 0 bridgehead atoms. The van der Waals surface area contributed by atoms with Crippen LogP contribution in [0.25, 0.3) is 0 Å². The zero-order valence-corrected chi connectivity index (χ0v) is 7.62. The average Bonchev–Trinajstić information content (AvgIpc) is 2.44. The number of sulfone groups is 1. The first-order valence-electron chi connectivity index (χ1n) is 3.82. The van der Waals surface area contributed by atoms with Gasteiger partial charge in [0.15, 0.2) is 16.1 Å². The van der Waals surface area contributed by atoms with E-state index in [0.29, 0.717) is 24.3 Å². The second kappa shape index (κ2) is 2.66. The fourth-order valence-corrected chi connectivity index (χ4v) is 2.59. The van der Waals surface area contributed by atoms with E-state index >= 15 is 0 Å². The van der Waals surface area contributed by atoms with Gasteiger partial charge in [-0.3, -0.25) is 4.79 Å². The molecule has 0 saturated heterocycles. The van der Waals surface area contributed by atoms with Crippen molar-refractivity contribution in [1.29, 1.82) is 0 Å². The first kappa shape index (κ1) is 8.43. The number of rotatable bonds is 1. The van der Waals surface area contributed by atoms with Gasteiger partial charge in [0.05, 0.1) is 5.75 Å². The van der Waals surface area contributed by atoms with Gasteiger partial charge in [-0.15, -0.1) is 0 Å². The molecule has 0 aromatic carbocycles. The molecule has 1 aliphatic rings. The summed E-state index contributed by atoms with van der Waals surface area (Å²) in [7, 11) is -2.99. The van der Waals surface area contributed by atoms with Crippen LogP contribution in [0.15, 0.2) is 6.20 Å². The second-order valence-corrected chi connectivity index (χ2v) is 5.17. The molecule has 0 aliphatic carbocycles. The lowest BCUT2D eigenvalue weighted by molar-refractivity contribution is 0.111. The highest BCUT2D eigenvalue weighted by atomic mass is 32.2. The van der Waals surface area contributed by atoms with Crippen LogP contribution in [0.3, 0.4) is 0 Å². The van der Waals surface area contributed by atoms with Crippen molar-refractivity contribution < 1.29 is 13.2 Å². The lowest BCUT2D eigenvalue weighted by atomic mass is 10.5. The summed E-state index contributed by atoms with van der Waals surface area (Å²) in [5.74, 6) is 0.545. The topological polar surface area (TPSA) is 69.0 Å². The van der Waals surface area contributed by atoms with Gasteiger partial charge in [-0.1, -0.05) is 0 Å². The van der Waals surface area contributed by atoms with Gasteiger partial charge in [0.25, 0.3) is 0 Å². The molecule has 13 heavy (non-hydrogen) atoms. The largest absolute Gasteiger partial charge is 0.332 e. The number of aryl methyl sites for hydroxylation is 1. The number of aromatic nitrogens is 2. The number of nitrogens with zero attached hydrogens (tertiary/aromatic N) is 2. The quantitative estimate of drug-likeness (QED) is 0.580. The number of carbonyl (C=O) groups excluding carboxylic acids is 1. The van der Waals surface area contributed by atoms with Crippen LogP contribution in [0.2, 0.25) is 0 Å². The third-order valence-corrected chi connectivity index (χ3v) is 3.49. The Hall–Kier alpha value is -1.17. The van der Waals surface area contributed by atoms with E-state index in [1.165, 1.54) is 0 Å². The smallest absolute Gasteiger partial charge is 0.170 e. The zero-order valence-electron chi connectivity index (χ0n) is 6.80. The van der Waals surface area contributed by atoms with Crippen LogP contribution < -0.4 is 0 Å². The van der Waals surface area contributed by atoms with E-state index in [-0.39, 0.29) is 11.5 Å². The van der Waals surface area contributed by atoms with E-state index < -0.39 is 9.84 Å². The lowest BCUT2D eigenvalue weighted by Gasteiger charge is -2.13. The van der Waals surface area contributed by atoms with Crippen molar-refractivity contribution in [2.24, 2.45) is 0 Å². The van der Waals surface area contributed by atoms with Crippen molar-refractivity contribution in [2.45, 2.75) is 12.3 Å². The van der Waals surface area contributed by atoms with Crippen LogP contribution in [0.1, 0.15) is 16.3 Å². The first-order valence-corrected chi connectivity index (χ1v) is 5.64. The Labute approximate surface area is 75.3 Å². The fraction of sp³-hybridized carbons (Fsp3) is 0.429. The van der Waals surface area contributed by atoms with E-state index in [1.54, 1.807) is 10.8 Å². The number of aldehydes is 1. The highest BCUT2D eigenvalue weighted by Crippen LogP contribution is 2.13. The van der Waals surface area contributed by atoms with Gasteiger partial charge >= 0.3 is 0 Å². The van der Waals surface area contributed by atoms with E-state index in [0.717, 1.165) is 0 Å². The van der Waals surface area contributed by atoms with Gasteiger partial charge in [0.1, 0.15) is 17.3 Å². The number of hydrogen-bond donors (Lipinski definition) is 0. The number of carbonyl (C=O) groups is 1. The summed E-state index contributed by atoms with van der Waals surface area (Å²) in [6.45, 7) is 0.401. The monoisotopic (exact) mass is 200 g/mol. The minimum atomic E-state index is -2.99. The Balaban J connectivity index is 2.46. The molecule has 0 saturated carbocycles. The highest BCUT2D eigenvalue weighted by Gasteiger charge is 2.22. The molecule has 0 N–H and O–H groups in total. The third-order valence-electron chi connectivity index (χ3n) is 1.99. The zero-order chi connectivity index (χ0) is 9.47. The molecule has 70 valence electrons. The number of hydrogen-bond acceptors (Lipinski definition) is 4. The Bertz CT molecular complexity index is 446. The van der Waals surface area contributed by atoms with Gasteiger partial charge < -0.3 is 4.57 Å². The maximum atomic E-state index is 11.2. The standard InChI is InChI=1S/C7H8N2O3S/c10-4-6-3-9-1-2-13(11,12)5-7(9)8-6/h3-4H,1-2,5H2. The minimum Gasteiger partial charge on any atom is -0.332 e. The normalized spacial score (nSPS) is 19.4. The molecule has 2 heterocycles. The van der Waals surface area contributed by atoms with Crippen LogP contribution in [0, 0.1) is 0 Å². The van der Waals surface area contributed by atoms with E-state index in [2.05, 4.69) is 4.98 Å². The van der Waals surface area contributed by atoms with Gasteiger partial charge in [-0.05, 0) is 0 Å². The summed E-state index contributed by atoms with van der Waals surface area (Å²) >= 11 is 0. The van der Waals surface area contributed by atoms with Crippen molar-refractivity contribution in [3.63, 3.8) is 0 Å². The molecule has 0 atom stereocenters. The summed E-state index contributed by atoms with van der Waals surface area (Å²) in [4.78, 5) is 14.2. The van der Waals surface area contributed by atoms with Gasteiger partial charge in [-0.25, -0.2) is 13.4 Å². The van der Waals surface area contributed by atoms with Crippen molar-refractivity contribution in [2.75, 3.05) is 5.75 Å². The fourth-order valence-electron chi connectivity index (χ4n) is 1.35. The molecule has 0 spiro atoms. The van der Waals surface area contributed by atoms with Crippen LogP contribution in [-0.4, -0.2) is 30.0 Å². The minimum absolute atomic E-state index is 0.0547. The van der Waals surface area contributed by atoms with Gasteiger partial charge in [0, 0.05) is 12.7 Å². The molecule has 1 aromatic rings. The molecule has 1 aromatic heterocycles. The predicted octanol–water partition coefficient (Wildman–Crippen LogP) is -0.376. The summed E-state index contributed by atoms with van der Waals surface area (Å²) < 4.78 is 24.1. The van der Waals surface area contributed by atoms with E-state index in [9.17, 15) is 13.2 Å². The van der Waals surface area contributed by atoms with Crippen molar-refractivity contribution in [3.8, 4) is 0 Å². The molecular formula is C7H8N2O3S. The molecule has 2 rings (SSSR count). The van der Waals surface area contributed by atoms with Crippen LogP contribution in [0.5, 0.6) is 0 Å². The molecule has 6 heteroatoms. The lowest BCUT2D eigenvalue weighted by Crippen LogP contribution is -2.23. The Kier molecular flexibility index (Phi) is 1.73. The van der Waals surface area contributed by atoms with E-state index in [4.69, 9.17) is 0 Å². The number of fused-ring (bicyclic) bond motifs is 1. The van der Waals surface area contributed by atoms with E-state index in [1.807, 2.05) is 0 Å². The van der Waals surface area contributed by atoms with Gasteiger partial charge in [0.2, 0.25) is 0 Å². The molecule has 0 unspecified atom stereocenters. The van der Waals surface area contributed by atoms with Crippen LogP contribution in [-0.2, 0) is 22.1 Å². The highest BCUT2D eigenvalue weighted by molar-refractivity contribution is 7.90. The van der Waals surface area contributed by atoms with Crippen molar-refractivity contribution in [1.82, 2.24) is 9.55 Å². The number of imidazole rings is 1. The predicted molar refractivity (Wildman–Crippen MR) is 45.1 cm³/mol. The van der Waals surface area contributed by atoms with Crippen LogP contribution >= 0.6 is 0 Å². The Morgan fingerprint density at radius 2 is 2.31 bits per heavy atom. The molecule has 1 aliphatic heterocycles. The SMILES string of the molecule is O=Cc1cn2c(n1)CS(=O)(=O)CC2. The van der Waals surface area contributed by atoms with Crippen molar-refractivity contribution >= 4 is 16.1 Å². The van der Waals surface area contributed by atoms with Crippen molar-refractivity contribution in [3.05, 3.63) is 17.7 Å². The maximum absolute atomic E-state index is 11.2. The molecular weight excluding hydrogens is 192 g/mol. The Morgan fingerprint density at radius 1 is 1.54 bits per heavy atom. The molecule has 0 amide bonds. The molecule has 0 fully saturated rings. The summed E-state index contributed by atoms with van der Waals surface area (Å²) in [5.41, 5.74) is 0.298. The van der Waals surface area contributed by atoms with Crippen LogP contribution in [0.4, 0.5) is 0 Å². The summed E-state index contributed by atoms with van der Waals surface area (Å²) in [6, 6.07) is 0. The second-order valence-electron chi connectivity index (χ2n) is 2.99. The summed E-state index contributed by atoms with van der Waals surface area (Å²) in [6.07, 6.45) is 2.20. The third kappa shape index (κ3) is 1.49. The molecule has 0 radical (unpaired) electrons. The first-order chi connectivity index (χ1) is 6.11. The molecule has 5 nitrogen and oxygen atoms in total. The summed E-state index contributed by atoms with van der Waals surface area (Å²) in [5, 5.41) is 0. The Morgan fingerprint density at radius 3 is 3.00 bits per heavy atom. The average molecular weight is 200 g/mol. The maximum Gasteiger partial charge on any atom is 0.170 e. The van der Waals surface area contributed by atoms with Gasteiger partial charge in [-0.2, -0.15) is 0 Å².